The van der Waals surface area contributed by atoms with Crippen molar-refractivity contribution < 1.29 is 0 Å². The lowest BCUT2D eigenvalue weighted by Gasteiger charge is -2.02. The van der Waals surface area contributed by atoms with Gasteiger partial charge < -0.3 is 5.73 Å². The van der Waals surface area contributed by atoms with Gasteiger partial charge in [0.1, 0.15) is 0 Å². The standard InChI is InChI=1S/C10H18N2S/c1-3-8(2)9-7-13-10(12-9)5-4-6-11/h7-8H,3-6,11H2,1-2H3. The predicted molar refractivity (Wildman–Crippen MR) is 58.2 cm³/mol. The van der Waals surface area contributed by atoms with E-state index in [0.717, 1.165) is 19.4 Å². The highest BCUT2D eigenvalue weighted by Gasteiger charge is 2.07. The second-order valence-electron chi connectivity index (χ2n) is 3.37. The Morgan fingerprint density at radius 3 is 3.00 bits per heavy atom. The Kier molecular flexibility index (Phi) is 4.39. The SMILES string of the molecule is CCC(C)c1csc(CCCN)n1. The maximum absolute atomic E-state index is 5.45. The van der Waals surface area contributed by atoms with Crippen molar-refractivity contribution >= 4 is 11.3 Å². The lowest BCUT2D eigenvalue weighted by Crippen LogP contribution is -2.00. The number of aryl methyl sites for hydroxylation is 1. The topological polar surface area (TPSA) is 38.9 Å². The van der Waals surface area contributed by atoms with Gasteiger partial charge in [-0.2, -0.15) is 0 Å². The quantitative estimate of drug-likeness (QED) is 0.789. The number of nitrogens with zero attached hydrogens (tertiary/aromatic N) is 1. The van der Waals surface area contributed by atoms with E-state index in [0.29, 0.717) is 5.92 Å². The van der Waals surface area contributed by atoms with Crippen molar-refractivity contribution in [3.63, 3.8) is 0 Å². The van der Waals surface area contributed by atoms with Crippen LogP contribution in [-0.2, 0) is 6.42 Å². The first-order chi connectivity index (χ1) is 6.27. The highest BCUT2D eigenvalue weighted by molar-refractivity contribution is 7.09. The Balaban J connectivity index is 2.53. The fraction of sp³-hybridized carbons (Fsp3) is 0.700. The number of hydrogen-bond acceptors (Lipinski definition) is 3. The molecule has 1 atom stereocenters. The molecule has 0 radical (unpaired) electrons. The zero-order valence-corrected chi connectivity index (χ0v) is 9.23. The molecule has 1 heterocycles. The van der Waals surface area contributed by atoms with Gasteiger partial charge in [0.05, 0.1) is 10.7 Å². The third-order valence-corrected chi connectivity index (χ3v) is 3.21. The van der Waals surface area contributed by atoms with Gasteiger partial charge >= 0.3 is 0 Å². The van der Waals surface area contributed by atoms with E-state index in [2.05, 4.69) is 24.2 Å². The molecule has 0 aromatic carbocycles. The van der Waals surface area contributed by atoms with Crippen LogP contribution < -0.4 is 5.73 Å². The van der Waals surface area contributed by atoms with Crippen LogP contribution in [0.4, 0.5) is 0 Å². The van der Waals surface area contributed by atoms with Crippen molar-refractivity contribution in [3.05, 3.63) is 16.1 Å². The lowest BCUT2D eigenvalue weighted by molar-refractivity contribution is 0.706. The third-order valence-electron chi connectivity index (χ3n) is 2.28. The fourth-order valence-corrected chi connectivity index (χ4v) is 2.09. The van der Waals surface area contributed by atoms with E-state index in [1.807, 2.05) is 0 Å². The zero-order valence-electron chi connectivity index (χ0n) is 8.42. The smallest absolute Gasteiger partial charge is 0.0928 e. The monoisotopic (exact) mass is 198 g/mol. The third kappa shape index (κ3) is 3.08. The fourth-order valence-electron chi connectivity index (χ4n) is 1.13. The van der Waals surface area contributed by atoms with Crippen molar-refractivity contribution in [2.24, 2.45) is 5.73 Å². The second kappa shape index (κ2) is 5.35. The minimum Gasteiger partial charge on any atom is -0.330 e. The summed E-state index contributed by atoms with van der Waals surface area (Å²) < 4.78 is 0. The van der Waals surface area contributed by atoms with Gasteiger partial charge in [-0.3, -0.25) is 0 Å². The molecule has 2 N–H and O–H groups in total. The Morgan fingerprint density at radius 2 is 2.38 bits per heavy atom. The van der Waals surface area contributed by atoms with Gasteiger partial charge in [0.25, 0.3) is 0 Å². The number of rotatable bonds is 5. The van der Waals surface area contributed by atoms with Crippen LogP contribution >= 0.6 is 11.3 Å². The van der Waals surface area contributed by atoms with Gasteiger partial charge in [0.15, 0.2) is 0 Å². The van der Waals surface area contributed by atoms with E-state index >= 15 is 0 Å². The van der Waals surface area contributed by atoms with Crippen molar-refractivity contribution in [2.75, 3.05) is 6.54 Å². The zero-order chi connectivity index (χ0) is 9.68. The molecule has 0 fully saturated rings. The Bertz CT molecular complexity index is 245. The molecule has 0 aliphatic heterocycles. The number of thiazole rings is 1. The first kappa shape index (κ1) is 10.7. The van der Waals surface area contributed by atoms with Gasteiger partial charge in [-0.25, -0.2) is 4.98 Å². The van der Waals surface area contributed by atoms with Gasteiger partial charge in [-0.15, -0.1) is 11.3 Å². The van der Waals surface area contributed by atoms with Crippen LogP contribution in [-0.4, -0.2) is 11.5 Å². The van der Waals surface area contributed by atoms with Crippen LogP contribution in [0.1, 0.15) is 43.3 Å². The van der Waals surface area contributed by atoms with E-state index in [-0.39, 0.29) is 0 Å². The molecule has 0 amide bonds. The van der Waals surface area contributed by atoms with Gasteiger partial charge in [0, 0.05) is 11.8 Å². The van der Waals surface area contributed by atoms with Crippen molar-refractivity contribution in [1.82, 2.24) is 4.98 Å². The number of hydrogen-bond donors (Lipinski definition) is 1. The molecule has 1 unspecified atom stereocenters. The molecule has 0 spiro atoms. The molecule has 74 valence electrons. The molecule has 0 aliphatic carbocycles. The molecule has 1 rings (SSSR count). The average molecular weight is 198 g/mol. The van der Waals surface area contributed by atoms with Crippen LogP contribution in [0.3, 0.4) is 0 Å². The Morgan fingerprint density at radius 1 is 1.62 bits per heavy atom. The molecule has 0 aliphatic rings. The number of aromatic nitrogens is 1. The van der Waals surface area contributed by atoms with Crippen LogP contribution in [0.25, 0.3) is 0 Å². The summed E-state index contributed by atoms with van der Waals surface area (Å²) in [6.45, 7) is 5.18. The van der Waals surface area contributed by atoms with Crippen molar-refractivity contribution in [3.8, 4) is 0 Å². The summed E-state index contributed by atoms with van der Waals surface area (Å²) in [5.41, 5.74) is 6.70. The minimum atomic E-state index is 0.600. The van der Waals surface area contributed by atoms with E-state index in [4.69, 9.17) is 5.73 Å². The maximum atomic E-state index is 5.45. The summed E-state index contributed by atoms with van der Waals surface area (Å²) in [7, 11) is 0. The Hall–Kier alpha value is -0.410. The van der Waals surface area contributed by atoms with E-state index < -0.39 is 0 Å². The molecule has 0 bridgehead atoms. The Labute approximate surface area is 84.2 Å². The molecule has 2 nitrogen and oxygen atoms in total. The second-order valence-corrected chi connectivity index (χ2v) is 4.31. The van der Waals surface area contributed by atoms with E-state index in [1.165, 1.54) is 17.1 Å². The largest absolute Gasteiger partial charge is 0.330 e. The van der Waals surface area contributed by atoms with Crippen LogP contribution in [0.2, 0.25) is 0 Å². The van der Waals surface area contributed by atoms with Crippen molar-refractivity contribution in [1.29, 1.82) is 0 Å². The molecule has 13 heavy (non-hydrogen) atoms. The molecular formula is C10H18N2S. The summed E-state index contributed by atoms with van der Waals surface area (Å²) in [6.07, 6.45) is 3.26. The summed E-state index contributed by atoms with van der Waals surface area (Å²) in [5, 5.41) is 3.42. The highest BCUT2D eigenvalue weighted by atomic mass is 32.1. The summed E-state index contributed by atoms with van der Waals surface area (Å²) in [6, 6.07) is 0. The number of nitrogens with two attached hydrogens (primary N) is 1. The summed E-state index contributed by atoms with van der Waals surface area (Å²) in [4.78, 5) is 4.58. The van der Waals surface area contributed by atoms with E-state index in [9.17, 15) is 0 Å². The van der Waals surface area contributed by atoms with Crippen molar-refractivity contribution in [2.45, 2.75) is 39.0 Å². The van der Waals surface area contributed by atoms with Gasteiger partial charge in [0.2, 0.25) is 0 Å². The molecule has 0 saturated carbocycles. The normalized spacial score (nSPS) is 13.2. The summed E-state index contributed by atoms with van der Waals surface area (Å²) in [5.74, 6) is 0.600. The average Bonchev–Trinajstić information content (AvgIpc) is 2.62. The minimum absolute atomic E-state index is 0.600. The summed E-state index contributed by atoms with van der Waals surface area (Å²) >= 11 is 1.77. The van der Waals surface area contributed by atoms with E-state index in [1.54, 1.807) is 11.3 Å². The molecule has 3 heteroatoms. The lowest BCUT2D eigenvalue weighted by atomic mass is 10.1. The van der Waals surface area contributed by atoms with Gasteiger partial charge in [-0.1, -0.05) is 13.8 Å². The predicted octanol–water partition coefficient (Wildman–Crippen LogP) is 2.55. The van der Waals surface area contributed by atoms with Crippen LogP contribution in [0.15, 0.2) is 5.38 Å². The van der Waals surface area contributed by atoms with Crippen LogP contribution in [0.5, 0.6) is 0 Å². The van der Waals surface area contributed by atoms with Gasteiger partial charge in [-0.05, 0) is 25.3 Å². The van der Waals surface area contributed by atoms with Crippen LogP contribution in [0, 0.1) is 0 Å². The first-order valence-corrected chi connectivity index (χ1v) is 5.80. The maximum Gasteiger partial charge on any atom is 0.0928 e. The highest BCUT2D eigenvalue weighted by Crippen LogP contribution is 2.21. The first-order valence-electron chi connectivity index (χ1n) is 4.92. The molecule has 0 saturated heterocycles. The molecular weight excluding hydrogens is 180 g/mol. The molecule has 1 aromatic rings. The molecule has 1 aromatic heterocycles.